The molecule has 1 aromatic heterocycles. The average Bonchev–Trinajstić information content (AvgIpc) is 2.40. The highest BCUT2D eigenvalue weighted by Crippen LogP contribution is 2.17. The van der Waals surface area contributed by atoms with Crippen LogP contribution < -0.4 is 0 Å². The summed E-state index contributed by atoms with van der Waals surface area (Å²) in [6.45, 7) is 10.1. The van der Waals surface area contributed by atoms with Crippen molar-refractivity contribution >= 4 is 0 Å². The van der Waals surface area contributed by atoms with Crippen LogP contribution in [0.2, 0.25) is 0 Å². The van der Waals surface area contributed by atoms with E-state index >= 15 is 0 Å². The van der Waals surface area contributed by atoms with E-state index < -0.39 is 0 Å². The van der Waals surface area contributed by atoms with Crippen molar-refractivity contribution in [3.63, 3.8) is 0 Å². The maximum Gasteiger partial charge on any atom is 0.231 e. The molecule has 0 amide bonds. The molecule has 0 bridgehead atoms. The third-order valence-electron chi connectivity index (χ3n) is 1.00. The molecule has 0 N–H and O–H groups in total. The SMILES string of the molecule is CC.CC(C)(C)c1ncno1. The maximum absolute atomic E-state index is 4.84. The minimum Gasteiger partial charge on any atom is -0.339 e. The number of rotatable bonds is 0. The van der Waals surface area contributed by atoms with Gasteiger partial charge < -0.3 is 4.52 Å². The monoisotopic (exact) mass is 156 g/mol. The zero-order valence-corrected chi connectivity index (χ0v) is 7.88. The average molecular weight is 156 g/mol. The molecule has 0 fully saturated rings. The van der Waals surface area contributed by atoms with Crippen molar-refractivity contribution in [1.29, 1.82) is 0 Å². The Labute approximate surface area is 67.8 Å². The molecule has 3 heteroatoms. The summed E-state index contributed by atoms with van der Waals surface area (Å²) in [5, 5.41) is 3.50. The molecule has 0 aliphatic rings. The molecule has 0 aliphatic carbocycles. The molecular weight excluding hydrogens is 140 g/mol. The normalized spacial score (nSPS) is 10.3. The van der Waals surface area contributed by atoms with Gasteiger partial charge >= 0.3 is 0 Å². The fourth-order valence-electron chi connectivity index (χ4n) is 0.504. The third-order valence-corrected chi connectivity index (χ3v) is 1.00. The zero-order chi connectivity index (χ0) is 8.91. The van der Waals surface area contributed by atoms with Gasteiger partial charge in [-0.15, -0.1) is 0 Å². The van der Waals surface area contributed by atoms with Crippen molar-refractivity contribution in [3.8, 4) is 0 Å². The van der Waals surface area contributed by atoms with E-state index in [9.17, 15) is 0 Å². The minimum absolute atomic E-state index is 0.0174. The summed E-state index contributed by atoms with van der Waals surface area (Å²) in [6, 6.07) is 0. The lowest BCUT2D eigenvalue weighted by molar-refractivity contribution is 0.320. The smallest absolute Gasteiger partial charge is 0.231 e. The number of hydrogen-bond acceptors (Lipinski definition) is 3. The van der Waals surface area contributed by atoms with Crippen molar-refractivity contribution in [2.24, 2.45) is 0 Å². The molecule has 0 saturated carbocycles. The van der Waals surface area contributed by atoms with E-state index in [0.717, 1.165) is 0 Å². The van der Waals surface area contributed by atoms with Gasteiger partial charge in [-0.2, -0.15) is 4.98 Å². The first-order chi connectivity index (χ1) is 5.11. The lowest BCUT2D eigenvalue weighted by Crippen LogP contribution is -2.10. The van der Waals surface area contributed by atoms with E-state index in [2.05, 4.69) is 10.1 Å². The van der Waals surface area contributed by atoms with Gasteiger partial charge in [0.1, 0.15) is 0 Å². The predicted molar refractivity (Wildman–Crippen MR) is 44.3 cm³/mol. The van der Waals surface area contributed by atoms with E-state index in [-0.39, 0.29) is 5.41 Å². The van der Waals surface area contributed by atoms with Crippen LogP contribution in [0.5, 0.6) is 0 Å². The van der Waals surface area contributed by atoms with Crippen LogP contribution >= 0.6 is 0 Å². The molecule has 0 spiro atoms. The van der Waals surface area contributed by atoms with Gasteiger partial charge in [0.15, 0.2) is 6.33 Å². The fraction of sp³-hybridized carbons (Fsp3) is 0.750. The molecule has 3 nitrogen and oxygen atoms in total. The molecule has 0 aliphatic heterocycles. The van der Waals surface area contributed by atoms with Gasteiger partial charge in [0.2, 0.25) is 5.89 Å². The lowest BCUT2D eigenvalue weighted by Gasteiger charge is -2.09. The Balaban J connectivity index is 0.000000461. The van der Waals surface area contributed by atoms with Gasteiger partial charge in [0.05, 0.1) is 0 Å². The Hall–Kier alpha value is -0.860. The van der Waals surface area contributed by atoms with Gasteiger partial charge in [-0.05, 0) is 0 Å². The predicted octanol–water partition coefficient (Wildman–Crippen LogP) is 2.39. The molecule has 1 heterocycles. The summed E-state index contributed by atoms with van der Waals surface area (Å²) >= 11 is 0. The number of hydrogen-bond donors (Lipinski definition) is 0. The summed E-state index contributed by atoms with van der Waals surface area (Å²) in [5.41, 5.74) is -0.0174. The highest BCUT2D eigenvalue weighted by Gasteiger charge is 2.18. The maximum atomic E-state index is 4.84. The topological polar surface area (TPSA) is 38.9 Å². The van der Waals surface area contributed by atoms with Crippen LogP contribution in [0.15, 0.2) is 10.9 Å². The van der Waals surface area contributed by atoms with Crippen LogP contribution in [0, 0.1) is 0 Å². The fourth-order valence-corrected chi connectivity index (χ4v) is 0.504. The van der Waals surface area contributed by atoms with Crippen molar-refractivity contribution in [2.45, 2.75) is 40.0 Å². The Morgan fingerprint density at radius 2 is 1.82 bits per heavy atom. The van der Waals surface area contributed by atoms with Crippen molar-refractivity contribution in [3.05, 3.63) is 12.2 Å². The van der Waals surface area contributed by atoms with Crippen LogP contribution in [-0.2, 0) is 5.41 Å². The van der Waals surface area contributed by atoms with Crippen LogP contribution in [0.4, 0.5) is 0 Å². The van der Waals surface area contributed by atoms with Gasteiger partial charge in [0.25, 0.3) is 0 Å². The van der Waals surface area contributed by atoms with Crippen molar-refractivity contribution < 1.29 is 4.52 Å². The second-order valence-corrected chi connectivity index (χ2v) is 3.00. The van der Waals surface area contributed by atoms with E-state index in [4.69, 9.17) is 4.52 Å². The zero-order valence-electron chi connectivity index (χ0n) is 7.88. The van der Waals surface area contributed by atoms with Crippen LogP contribution in [0.25, 0.3) is 0 Å². The summed E-state index contributed by atoms with van der Waals surface area (Å²) in [6.07, 6.45) is 1.42. The van der Waals surface area contributed by atoms with E-state index in [1.165, 1.54) is 6.33 Å². The summed E-state index contributed by atoms with van der Waals surface area (Å²) in [7, 11) is 0. The Morgan fingerprint density at radius 3 is 2.00 bits per heavy atom. The molecule has 0 radical (unpaired) electrons. The van der Waals surface area contributed by atoms with E-state index in [0.29, 0.717) is 5.89 Å². The van der Waals surface area contributed by atoms with Gasteiger partial charge in [-0.1, -0.05) is 39.8 Å². The molecule has 1 rings (SSSR count). The summed E-state index contributed by atoms with van der Waals surface area (Å²) < 4.78 is 4.84. The van der Waals surface area contributed by atoms with E-state index in [1.54, 1.807) is 0 Å². The first kappa shape index (κ1) is 10.1. The molecule has 11 heavy (non-hydrogen) atoms. The van der Waals surface area contributed by atoms with E-state index in [1.807, 2.05) is 34.6 Å². The standard InChI is InChI=1S/C6H10N2O.C2H6/c1-6(2,3)5-7-4-8-9-5;1-2/h4H,1-3H3;1-2H3. The van der Waals surface area contributed by atoms with Gasteiger partial charge in [0, 0.05) is 5.41 Å². The Kier molecular flexibility index (Phi) is 3.79. The van der Waals surface area contributed by atoms with Crippen molar-refractivity contribution in [2.75, 3.05) is 0 Å². The summed E-state index contributed by atoms with van der Waals surface area (Å²) in [4.78, 5) is 3.91. The third kappa shape index (κ3) is 3.16. The quantitative estimate of drug-likeness (QED) is 0.579. The highest BCUT2D eigenvalue weighted by molar-refractivity contribution is 4.93. The van der Waals surface area contributed by atoms with Crippen LogP contribution in [0.1, 0.15) is 40.5 Å². The second kappa shape index (κ2) is 4.11. The lowest BCUT2D eigenvalue weighted by atomic mass is 9.97. The van der Waals surface area contributed by atoms with Gasteiger partial charge in [-0.3, -0.25) is 0 Å². The molecule has 0 saturated heterocycles. The summed E-state index contributed by atoms with van der Waals surface area (Å²) in [5.74, 6) is 0.683. The molecule has 0 atom stereocenters. The largest absolute Gasteiger partial charge is 0.339 e. The minimum atomic E-state index is -0.0174. The Bertz CT molecular complexity index is 174. The molecule has 64 valence electrons. The second-order valence-electron chi connectivity index (χ2n) is 3.00. The van der Waals surface area contributed by atoms with Gasteiger partial charge in [-0.25, -0.2) is 0 Å². The highest BCUT2D eigenvalue weighted by atomic mass is 16.5. The van der Waals surface area contributed by atoms with Crippen LogP contribution in [-0.4, -0.2) is 10.1 Å². The number of aromatic nitrogens is 2. The first-order valence-electron chi connectivity index (χ1n) is 3.88. The van der Waals surface area contributed by atoms with Crippen molar-refractivity contribution in [1.82, 2.24) is 10.1 Å². The molecule has 0 aromatic carbocycles. The molecule has 0 unspecified atom stereocenters. The first-order valence-corrected chi connectivity index (χ1v) is 3.88. The molecular formula is C8H16N2O. The van der Waals surface area contributed by atoms with Crippen LogP contribution in [0.3, 0.4) is 0 Å². The molecule has 1 aromatic rings. The number of nitrogens with zero attached hydrogens (tertiary/aromatic N) is 2. The Morgan fingerprint density at radius 1 is 1.27 bits per heavy atom.